The molecule has 0 saturated carbocycles. The molecule has 13 heavy (non-hydrogen) atoms. The maximum absolute atomic E-state index is 10.9. The molecule has 4 nitrogen and oxygen atoms in total. The van der Waals surface area contributed by atoms with Crippen molar-refractivity contribution in [2.24, 2.45) is 0 Å². The minimum absolute atomic E-state index is 0.0741. The van der Waals surface area contributed by atoms with Crippen LogP contribution in [-0.2, 0) is 16.1 Å². The molecule has 2 heterocycles. The SMILES string of the molecule is CCn1cncc1C1CCC(=O)O1. The van der Waals surface area contributed by atoms with Crippen LogP contribution in [0.25, 0.3) is 0 Å². The number of esters is 1. The molecule has 0 aliphatic carbocycles. The van der Waals surface area contributed by atoms with E-state index in [1.54, 1.807) is 12.5 Å². The average molecular weight is 180 g/mol. The lowest BCUT2D eigenvalue weighted by molar-refractivity contribution is -0.141. The lowest BCUT2D eigenvalue weighted by atomic mass is 10.2. The number of cyclic esters (lactones) is 1. The lowest BCUT2D eigenvalue weighted by Gasteiger charge is -2.10. The van der Waals surface area contributed by atoms with Gasteiger partial charge in [-0.2, -0.15) is 0 Å². The summed E-state index contributed by atoms with van der Waals surface area (Å²) in [6.07, 6.45) is 4.77. The van der Waals surface area contributed by atoms with Crippen molar-refractivity contribution in [3.8, 4) is 0 Å². The fraction of sp³-hybridized carbons (Fsp3) is 0.556. The molecule has 1 fully saturated rings. The van der Waals surface area contributed by atoms with E-state index in [1.807, 2.05) is 11.5 Å². The predicted octanol–water partition coefficient (Wildman–Crippen LogP) is 1.28. The Morgan fingerprint density at radius 2 is 2.62 bits per heavy atom. The smallest absolute Gasteiger partial charge is 0.306 e. The van der Waals surface area contributed by atoms with E-state index in [2.05, 4.69) is 4.98 Å². The number of carbonyl (C=O) groups excluding carboxylic acids is 1. The highest BCUT2D eigenvalue weighted by Crippen LogP contribution is 2.28. The number of imidazole rings is 1. The Morgan fingerprint density at radius 3 is 3.23 bits per heavy atom. The van der Waals surface area contributed by atoms with Crippen LogP contribution in [0.3, 0.4) is 0 Å². The van der Waals surface area contributed by atoms with Gasteiger partial charge < -0.3 is 9.30 Å². The molecular weight excluding hydrogens is 168 g/mol. The van der Waals surface area contributed by atoms with Crippen molar-refractivity contribution < 1.29 is 9.53 Å². The summed E-state index contributed by atoms with van der Waals surface area (Å²) in [6, 6.07) is 0. The molecule has 4 heteroatoms. The molecule has 1 aromatic heterocycles. The number of hydrogen-bond donors (Lipinski definition) is 0. The first-order chi connectivity index (χ1) is 6.31. The minimum Gasteiger partial charge on any atom is -0.456 e. The van der Waals surface area contributed by atoms with Gasteiger partial charge in [0.25, 0.3) is 0 Å². The molecule has 70 valence electrons. The quantitative estimate of drug-likeness (QED) is 0.644. The highest BCUT2D eigenvalue weighted by Gasteiger charge is 2.26. The van der Waals surface area contributed by atoms with Crippen LogP contribution in [0.5, 0.6) is 0 Å². The van der Waals surface area contributed by atoms with Crippen LogP contribution in [-0.4, -0.2) is 15.5 Å². The fourth-order valence-corrected chi connectivity index (χ4v) is 1.60. The van der Waals surface area contributed by atoms with Gasteiger partial charge in [-0.1, -0.05) is 0 Å². The summed E-state index contributed by atoms with van der Waals surface area (Å²) < 4.78 is 7.15. The Hall–Kier alpha value is -1.32. The van der Waals surface area contributed by atoms with Crippen molar-refractivity contribution in [3.63, 3.8) is 0 Å². The second-order valence-corrected chi connectivity index (χ2v) is 3.12. The molecule has 1 unspecified atom stereocenters. The Morgan fingerprint density at radius 1 is 1.77 bits per heavy atom. The normalized spacial score (nSPS) is 21.9. The van der Waals surface area contributed by atoms with E-state index >= 15 is 0 Å². The van der Waals surface area contributed by atoms with E-state index in [4.69, 9.17) is 4.74 Å². The molecule has 0 N–H and O–H groups in total. The van der Waals surface area contributed by atoms with Crippen molar-refractivity contribution in [2.75, 3.05) is 0 Å². The molecule has 1 aromatic rings. The summed E-state index contributed by atoms with van der Waals surface area (Å²) in [6.45, 7) is 2.91. The summed E-state index contributed by atoms with van der Waals surface area (Å²) >= 11 is 0. The second-order valence-electron chi connectivity index (χ2n) is 3.12. The van der Waals surface area contributed by atoms with Crippen LogP contribution >= 0.6 is 0 Å². The van der Waals surface area contributed by atoms with Gasteiger partial charge >= 0.3 is 5.97 Å². The van der Waals surface area contributed by atoms with Crippen LogP contribution in [0.15, 0.2) is 12.5 Å². The third-order valence-electron chi connectivity index (χ3n) is 2.30. The zero-order chi connectivity index (χ0) is 9.26. The summed E-state index contributed by atoms with van der Waals surface area (Å²) in [7, 11) is 0. The van der Waals surface area contributed by atoms with Crippen LogP contribution in [0.1, 0.15) is 31.6 Å². The number of rotatable bonds is 2. The topological polar surface area (TPSA) is 44.1 Å². The Kier molecular flexibility index (Phi) is 2.04. The summed E-state index contributed by atoms with van der Waals surface area (Å²) in [5.74, 6) is -0.103. The number of aryl methyl sites for hydroxylation is 1. The van der Waals surface area contributed by atoms with Gasteiger partial charge in [0.15, 0.2) is 0 Å². The molecule has 0 spiro atoms. The number of ether oxygens (including phenoxy) is 1. The monoisotopic (exact) mass is 180 g/mol. The van der Waals surface area contributed by atoms with E-state index in [-0.39, 0.29) is 12.1 Å². The fourth-order valence-electron chi connectivity index (χ4n) is 1.60. The van der Waals surface area contributed by atoms with Crippen molar-refractivity contribution in [1.82, 2.24) is 9.55 Å². The molecule has 0 bridgehead atoms. The van der Waals surface area contributed by atoms with Gasteiger partial charge in [0.2, 0.25) is 0 Å². The second kappa shape index (κ2) is 3.20. The molecule has 1 aliphatic heterocycles. The highest BCUT2D eigenvalue weighted by atomic mass is 16.5. The summed E-state index contributed by atoms with van der Waals surface area (Å²) in [5, 5.41) is 0. The standard InChI is InChI=1S/C9H12N2O2/c1-2-11-6-10-5-7(11)8-3-4-9(12)13-8/h5-6,8H,2-4H2,1H3. The van der Waals surface area contributed by atoms with Crippen LogP contribution in [0.2, 0.25) is 0 Å². The Bertz CT molecular complexity index is 319. The van der Waals surface area contributed by atoms with E-state index in [1.165, 1.54) is 0 Å². The van der Waals surface area contributed by atoms with Crippen molar-refractivity contribution in [1.29, 1.82) is 0 Å². The van der Waals surface area contributed by atoms with Gasteiger partial charge in [-0.15, -0.1) is 0 Å². The van der Waals surface area contributed by atoms with E-state index < -0.39 is 0 Å². The molecule has 0 amide bonds. The number of hydrogen-bond acceptors (Lipinski definition) is 3. The average Bonchev–Trinajstić information content (AvgIpc) is 2.71. The predicted molar refractivity (Wildman–Crippen MR) is 46.0 cm³/mol. The first kappa shape index (κ1) is 8.29. The molecule has 1 atom stereocenters. The van der Waals surface area contributed by atoms with Gasteiger partial charge in [0, 0.05) is 19.4 Å². The van der Waals surface area contributed by atoms with Gasteiger partial charge in [-0.05, 0) is 6.92 Å². The third kappa shape index (κ3) is 1.43. The van der Waals surface area contributed by atoms with Gasteiger partial charge in [-0.25, -0.2) is 4.98 Å². The van der Waals surface area contributed by atoms with Gasteiger partial charge in [-0.3, -0.25) is 4.79 Å². The molecule has 0 radical (unpaired) electrons. The van der Waals surface area contributed by atoms with E-state index in [0.717, 1.165) is 18.7 Å². The van der Waals surface area contributed by atoms with E-state index in [0.29, 0.717) is 6.42 Å². The summed E-state index contributed by atoms with van der Waals surface area (Å²) in [4.78, 5) is 14.9. The van der Waals surface area contributed by atoms with Crippen LogP contribution in [0, 0.1) is 0 Å². The lowest BCUT2D eigenvalue weighted by Crippen LogP contribution is -2.05. The number of aromatic nitrogens is 2. The Labute approximate surface area is 76.5 Å². The minimum atomic E-state index is -0.103. The zero-order valence-corrected chi connectivity index (χ0v) is 7.56. The molecule has 2 rings (SSSR count). The zero-order valence-electron chi connectivity index (χ0n) is 7.56. The first-order valence-electron chi connectivity index (χ1n) is 4.50. The van der Waals surface area contributed by atoms with Crippen molar-refractivity contribution in [3.05, 3.63) is 18.2 Å². The van der Waals surface area contributed by atoms with Crippen LogP contribution in [0.4, 0.5) is 0 Å². The van der Waals surface area contributed by atoms with Crippen molar-refractivity contribution >= 4 is 5.97 Å². The largest absolute Gasteiger partial charge is 0.456 e. The number of carbonyl (C=O) groups is 1. The molecule has 1 saturated heterocycles. The first-order valence-corrected chi connectivity index (χ1v) is 4.50. The highest BCUT2D eigenvalue weighted by molar-refractivity contribution is 5.71. The van der Waals surface area contributed by atoms with Gasteiger partial charge in [0.05, 0.1) is 18.2 Å². The number of nitrogens with zero attached hydrogens (tertiary/aromatic N) is 2. The maximum atomic E-state index is 10.9. The van der Waals surface area contributed by atoms with E-state index in [9.17, 15) is 4.79 Å². The molecule has 1 aliphatic rings. The summed E-state index contributed by atoms with van der Waals surface area (Å²) in [5.41, 5.74) is 1.01. The van der Waals surface area contributed by atoms with Crippen LogP contribution < -0.4 is 0 Å². The third-order valence-corrected chi connectivity index (χ3v) is 2.30. The Balaban J connectivity index is 2.20. The molecular formula is C9H12N2O2. The molecule has 0 aromatic carbocycles. The maximum Gasteiger partial charge on any atom is 0.306 e. The van der Waals surface area contributed by atoms with Crippen molar-refractivity contribution in [2.45, 2.75) is 32.4 Å². The van der Waals surface area contributed by atoms with Gasteiger partial charge in [0.1, 0.15) is 6.10 Å².